The van der Waals surface area contributed by atoms with Crippen LogP contribution in [0.2, 0.25) is 0 Å². The number of nitrogens with zero attached hydrogens (tertiary/aromatic N) is 1. The number of amides is 1. The van der Waals surface area contributed by atoms with E-state index in [1.807, 2.05) is 68.6 Å². The standard InChI is InChI=1S/C22H24N2O2S/c1-16-11-12-20(26-3)19(14-16)23-22(25)21(17-8-5-4-6-9-17)24(2)15-18-10-7-13-27-18/h4-14,21H,15H2,1-3H3,(H,23,25)/t21-/m1/s1. The lowest BCUT2D eigenvalue weighted by Gasteiger charge is -2.27. The summed E-state index contributed by atoms with van der Waals surface area (Å²) in [5.74, 6) is 0.575. The van der Waals surface area contributed by atoms with E-state index in [1.165, 1.54) is 4.88 Å². The summed E-state index contributed by atoms with van der Waals surface area (Å²) in [6.07, 6.45) is 0. The Hall–Kier alpha value is -2.63. The van der Waals surface area contributed by atoms with E-state index in [-0.39, 0.29) is 5.91 Å². The third-order valence-corrected chi connectivity index (χ3v) is 5.26. The molecule has 0 bridgehead atoms. The summed E-state index contributed by atoms with van der Waals surface area (Å²) in [5, 5.41) is 5.11. The monoisotopic (exact) mass is 380 g/mol. The lowest BCUT2D eigenvalue weighted by molar-refractivity contribution is -0.121. The fourth-order valence-corrected chi connectivity index (χ4v) is 3.87. The molecule has 0 aliphatic rings. The zero-order valence-electron chi connectivity index (χ0n) is 15.8. The maximum Gasteiger partial charge on any atom is 0.246 e. The lowest BCUT2D eigenvalue weighted by atomic mass is 10.0. The van der Waals surface area contributed by atoms with Crippen LogP contribution in [0.1, 0.15) is 22.0 Å². The van der Waals surface area contributed by atoms with Gasteiger partial charge in [-0.15, -0.1) is 11.3 Å². The van der Waals surface area contributed by atoms with Crippen molar-refractivity contribution in [3.05, 3.63) is 82.0 Å². The highest BCUT2D eigenvalue weighted by Gasteiger charge is 2.26. The van der Waals surface area contributed by atoms with Gasteiger partial charge in [0.25, 0.3) is 0 Å². The van der Waals surface area contributed by atoms with Crippen LogP contribution in [-0.2, 0) is 11.3 Å². The molecule has 3 rings (SSSR count). The summed E-state index contributed by atoms with van der Waals surface area (Å²) < 4.78 is 5.41. The molecule has 140 valence electrons. The number of benzene rings is 2. The zero-order chi connectivity index (χ0) is 19.2. The SMILES string of the molecule is COc1ccc(C)cc1NC(=O)[C@@H](c1ccccc1)N(C)Cc1cccs1. The normalized spacial score (nSPS) is 12.0. The second-order valence-corrected chi connectivity index (χ2v) is 7.53. The number of rotatable bonds is 7. The average molecular weight is 381 g/mol. The van der Waals surface area contributed by atoms with Crippen LogP contribution in [0, 0.1) is 6.92 Å². The molecular formula is C22H24N2O2S. The number of hydrogen-bond acceptors (Lipinski definition) is 4. The number of nitrogens with one attached hydrogen (secondary N) is 1. The first-order valence-electron chi connectivity index (χ1n) is 8.81. The number of ether oxygens (including phenoxy) is 1. The summed E-state index contributed by atoms with van der Waals surface area (Å²) >= 11 is 1.69. The number of hydrogen-bond donors (Lipinski definition) is 1. The number of thiophene rings is 1. The van der Waals surface area contributed by atoms with Crippen molar-refractivity contribution in [1.82, 2.24) is 4.90 Å². The molecule has 5 heteroatoms. The molecule has 1 atom stereocenters. The molecular weight excluding hydrogens is 356 g/mol. The molecule has 0 fully saturated rings. The van der Waals surface area contributed by atoms with Crippen molar-refractivity contribution >= 4 is 22.9 Å². The molecule has 4 nitrogen and oxygen atoms in total. The minimum absolute atomic E-state index is 0.0795. The van der Waals surface area contributed by atoms with Crippen molar-refractivity contribution in [2.45, 2.75) is 19.5 Å². The Morgan fingerprint density at radius 2 is 1.93 bits per heavy atom. The first-order chi connectivity index (χ1) is 13.1. The van der Waals surface area contributed by atoms with E-state index < -0.39 is 6.04 Å². The number of carbonyl (C=O) groups is 1. The molecule has 2 aromatic carbocycles. The number of aryl methyl sites for hydroxylation is 1. The van der Waals surface area contributed by atoms with Gasteiger partial charge in [0.1, 0.15) is 11.8 Å². The lowest BCUT2D eigenvalue weighted by Crippen LogP contribution is -2.34. The fourth-order valence-electron chi connectivity index (χ4n) is 3.10. The Kier molecular flexibility index (Phi) is 6.27. The smallest absolute Gasteiger partial charge is 0.246 e. The maximum absolute atomic E-state index is 13.3. The predicted octanol–water partition coefficient (Wildman–Crippen LogP) is 4.88. The van der Waals surface area contributed by atoms with Crippen LogP contribution in [0.5, 0.6) is 5.75 Å². The maximum atomic E-state index is 13.3. The van der Waals surface area contributed by atoms with E-state index in [1.54, 1.807) is 18.4 Å². The summed E-state index contributed by atoms with van der Waals surface area (Å²) in [7, 11) is 3.59. The van der Waals surface area contributed by atoms with E-state index in [2.05, 4.69) is 21.7 Å². The highest BCUT2D eigenvalue weighted by molar-refractivity contribution is 7.09. The summed E-state index contributed by atoms with van der Waals surface area (Å²) in [5.41, 5.74) is 2.71. The van der Waals surface area contributed by atoms with E-state index >= 15 is 0 Å². The van der Waals surface area contributed by atoms with Gasteiger partial charge in [-0.2, -0.15) is 0 Å². The van der Waals surface area contributed by atoms with E-state index in [0.29, 0.717) is 18.0 Å². The van der Waals surface area contributed by atoms with Gasteiger partial charge in [-0.1, -0.05) is 42.5 Å². The van der Waals surface area contributed by atoms with Gasteiger partial charge in [-0.25, -0.2) is 0 Å². The summed E-state index contributed by atoms with van der Waals surface area (Å²) in [4.78, 5) is 16.5. The Morgan fingerprint density at radius 3 is 2.59 bits per heavy atom. The minimum Gasteiger partial charge on any atom is -0.495 e. The number of anilines is 1. The topological polar surface area (TPSA) is 41.6 Å². The summed E-state index contributed by atoms with van der Waals surface area (Å²) in [6, 6.07) is 19.3. The average Bonchev–Trinajstić information content (AvgIpc) is 3.16. The van der Waals surface area contributed by atoms with Crippen LogP contribution in [0.25, 0.3) is 0 Å². The van der Waals surface area contributed by atoms with Crippen LogP contribution in [-0.4, -0.2) is 25.0 Å². The predicted molar refractivity (Wildman–Crippen MR) is 111 cm³/mol. The third kappa shape index (κ3) is 4.76. The first kappa shape index (κ1) is 19.1. The second kappa shape index (κ2) is 8.84. The summed E-state index contributed by atoms with van der Waals surface area (Å²) in [6.45, 7) is 2.70. The number of likely N-dealkylation sites (N-methyl/N-ethyl adjacent to an activating group) is 1. The van der Waals surface area contributed by atoms with Crippen molar-refractivity contribution in [1.29, 1.82) is 0 Å². The highest BCUT2D eigenvalue weighted by atomic mass is 32.1. The molecule has 27 heavy (non-hydrogen) atoms. The largest absolute Gasteiger partial charge is 0.495 e. The Balaban J connectivity index is 1.88. The van der Waals surface area contributed by atoms with Gasteiger partial charge >= 0.3 is 0 Å². The number of carbonyl (C=O) groups excluding carboxylic acids is 1. The van der Waals surface area contributed by atoms with Crippen molar-refractivity contribution < 1.29 is 9.53 Å². The van der Waals surface area contributed by atoms with E-state index in [0.717, 1.165) is 11.1 Å². The molecule has 3 aromatic rings. The van der Waals surface area contributed by atoms with Crippen LogP contribution in [0.15, 0.2) is 66.0 Å². The molecule has 0 spiro atoms. The third-order valence-electron chi connectivity index (χ3n) is 4.40. The Labute approximate surface area is 164 Å². The van der Waals surface area contributed by atoms with Gasteiger partial charge in [-0.05, 0) is 48.7 Å². The fraction of sp³-hybridized carbons (Fsp3) is 0.227. The van der Waals surface area contributed by atoms with Gasteiger partial charge < -0.3 is 10.1 Å². The molecule has 1 amide bonds. The molecule has 1 aromatic heterocycles. The van der Waals surface area contributed by atoms with Crippen LogP contribution >= 0.6 is 11.3 Å². The van der Waals surface area contributed by atoms with Gasteiger partial charge in [0.05, 0.1) is 12.8 Å². The second-order valence-electron chi connectivity index (χ2n) is 6.50. The molecule has 0 aliphatic carbocycles. The Bertz CT molecular complexity index is 879. The van der Waals surface area contributed by atoms with Gasteiger partial charge in [-0.3, -0.25) is 9.69 Å². The number of methoxy groups -OCH3 is 1. The minimum atomic E-state index is -0.404. The molecule has 0 unspecified atom stereocenters. The quantitative estimate of drug-likeness (QED) is 0.635. The van der Waals surface area contributed by atoms with Gasteiger partial charge in [0.15, 0.2) is 0 Å². The van der Waals surface area contributed by atoms with E-state index in [9.17, 15) is 4.79 Å². The van der Waals surface area contributed by atoms with Gasteiger partial charge in [0, 0.05) is 11.4 Å². The molecule has 0 saturated heterocycles. The molecule has 1 heterocycles. The van der Waals surface area contributed by atoms with Crippen LogP contribution in [0.3, 0.4) is 0 Å². The van der Waals surface area contributed by atoms with Gasteiger partial charge in [0.2, 0.25) is 5.91 Å². The van der Waals surface area contributed by atoms with Crippen molar-refractivity contribution in [2.75, 3.05) is 19.5 Å². The van der Waals surface area contributed by atoms with Crippen molar-refractivity contribution in [2.24, 2.45) is 0 Å². The highest BCUT2D eigenvalue weighted by Crippen LogP contribution is 2.29. The van der Waals surface area contributed by atoms with Crippen LogP contribution in [0.4, 0.5) is 5.69 Å². The van der Waals surface area contributed by atoms with Crippen LogP contribution < -0.4 is 10.1 Å². The van der Waals surface area contributed by atoms with Crippen molar-refractivity contribution in [3.8, 4) is 5.75 Å². The molecule has 0 radical (unpaired) electrons. The molecule has 1 N–H and O–H groups in total. The zero-order valence-corrected chi connectivity index (χ0v) is 16.6. The molecule has 0 saturated carbocycles. The first-order valence-corrected chi connectivity index (χ1v) is 9.69. The van der Waals surface area contributed by atoms with E-state index in [4.69, 9.17) is 4.74 Å². The molecule has 0 aliphatic heterocycles. The Morgan fingerprint density at radius 1 is 1.15 bits per heavy atom. The van der Waals surface area contributed by atoms with Crippen molar-refractivity contribution in [3.63, 3.8) is 0 Å².